The van der Waals surface area contributed by atoms with Crippen LogP contribution >= 0.6 is 0 Å². The Bertz CT molecular complexity index is 1880. The minimum Gasteiger partial charge on any atom is -0.321 e. The lowest BCUT2D eigenvalue weighted by Crippen LogP contribution is -2.24. The van der Waals surface area contributed by atoms with Gasteiger partial charge in [0.1, 0.15) is 22.8 Å². The summed E-state index contributed by atoms with van der Waals surface area (Å²) in [7, 11) is 0. The number of halogens is 4. The summed E-state index contributed by atoms with van der Waals surface area (Å²) in [6, 6.07) is 9.53. The maximum absolute atomic E-state index is 16.1. The van der Waals surface area contributed by atoms with Crippen molar-refractivity contribution in [2.24, 2.45) is 0 Å². The fraction of sp³-hybridized carbons (Fsp3) is 0.179. The summed E-state index contributed by atoms with van der Waals surface area (Å²) < 4.78 is 56.8. The molecule has 6 aromatic rings. The molecule has 7 rings (SSSR count). The van der Waals surface area contributed by atoms with E-state index in [0.29, 0.717) is 22.3 Å². The van der Waals surface area contributed by atoms with Gasteiger partial charge in [0.25, 0.3) is 5.92 Å². The number of hydrogen-bond donors (Lipinski definition) is 2. The summed E-state index contributed by atoms with van der Waals surface area (Å²) in [5, 5.41) is 7.16. The molecule has 0 saturated carbocycles. The van der Waals surface area contributed by atoms with E-state index >= 15 is 4.39 Å². The number of imidazole rings is 1. The molecule has 0 atom stereocenters. The van der Waals surface area contributed by atoms with Crippen LogP contribution in [0.25, 0.3) is 56.0 Å². The van der Waals surface area contributed by atoms with Crippen LogP contribution in [0.3, 0.4) is 0 Å². The summed E-state index contributed by atoms with van der Waals surface area (Å²) >= 11 is 0. The number of fused-ring (bicyclic) bond motifs is 2. The summed E-state index contributed by atoms with van der Waals surface area (Å²) in [6.07, 6.45) is 5.91. The highest BCUT2D eigenvalue weighted by atomic mass is 19.3. The third-order valence-electron chi connectivity index (χ3n) is 7.05. The van der Waals surface area contributed by atoms with Gasteiger partial charge in [0.15, 0.2) is 17.1 Å². The van der Waals surface area contributed by atoms with Crippen LogP contribution in [-0.4, -0.2) is 59.0 Å². The Kier molecular flexibility index (Phi) is 5.59. The summed E-state index contributed by atoms with van der Waals surface area (Å²) in [4.78, 5) is 22.3. The van der Waals surface area contributed by atoms with Crippen LogP contribution < -0.4 is 0 Å². The van der Waals surface area contributed by atoms with Crippen LogP contribution in [0.1, 0.15) is 12.0 Å². The topological polar surface area (TPSA) is 99.3 Å². The molecule has 8 nitrogen and oxygen atoms in total. The van der Waals surface area contributed by atoms with Crippen molar-refractivity contribution in [3.8, 4) is 33.8 Å². The predicted octanol–water partition coefficient (Wildman–Crippen LogP) is 5.74. The van der Waals surface area contributed by atoms with Gasteiger partial charge in [0.05, 0.1) is 11.9 Å². The maximum atomic E-state index is 16.1. The van der Waals surface area contributed by atoms with Crippen LogP contribution in [0.5, 0.6) is 0 Å². The quantitative estimate of drug-likeness (QED) is 0.269. The van der Waals surface area contributed by atoms with Crippen LogP contribution in [0.2, 0.25) is 0 Å². The molecule has 1 saturated heterocycles. The standard InChI is InChI=1S/C28H20F4N8/c29-18-3-1-16(2-4-18)19-5-7-34-26-23(19)36-27(37-26)24-21-22(30)20(12-35-25(21)39-38-24)17-9-15(10-33-11-17)13-40-8-6-28(31,32)14-40/h1-5,7,9-12H,6,8,13-14H2,(H,34,36,37)(H,35,38,39). The van der Waals surface area contributed by atoms with Crippen molar-refractivity contribution in [2.75, 3.05) is 13.1 Å². The number of aromatic nitrogens is 7. The van der Waals surface area contributed by atoms with E-state index in [-0.39, 0.29) is 60.0 Å². The van der Waals surface area contributed by atoms with Gasteiger partial charge < -0.3 is 4.98 Å². The SMILES string of the molecule is Fc1ccc(-c2ccnc3[nH]c(-c4n[nH]c5ncc(-c6cncc(CN7CCC(F)(F)C7)c6)c(F)c45)nc23)cc1. The van der Waals surface area contributed by atoms with Crippen molar-refractivity contribution in [1.29, 1.82) is 0 Å². The number of pyridine rings is 3. The Morgan fingerprint density at radius 1 is 0.925 bits per heavy atom. The smallest absolute Gasteiger partial charge is 0.261 e. The summed E-state index contributed by atoms with van der Waals surface area (Å²) in [5.74, 6) is -3.34. The van der Waals surface area contributed by atoms with Crippen LogP contribution in [0.15, 0.2) is 61.2 Å². The fourth-order valence-corrected chi connectivity index (χ4v) is 5.13. The van der Waals surface area contributed by atoms with Gasteiger partial charge in [-0.05, 0) is 35.4 Å². The molecule has 0 spiro atoms. The average Bonchev–Trinajstić information content (AvgIpc) is 3.65. The van der Waals surface area contributed by atoms with Gasteiger partial charge in [0.2, 0.25) is 0 Å². The van der Waals surface area contributed by atoms with Gasteiger partial charge in [0, 0.05) is 61.0 Å². The van der Waals surface area contributed by atoms with E-state index in [2.05, 4.69) is 35.1 Å². The maximum Gasteiger partial charge on any atom is 0.261 e. The highest BCUT2D eigenvalue weighted by molar-refractivity contribution is 5.96. The zero-order valence-electron chi connectivity index (χ0n) is 20.8. The summed E-state index contributed by atoms with van der Waals surface area (Å²) in [6.45, 7) is 0.256. The number of aromatic amines is 2. The zero-order chi connectivity index (χ0) is 27.4. The molecule has 0 unspecified atom stereocenters. The fourth-order valence-electron chi connectivity index (χ4n) is 5.13. The molecule has 200 valence electrons. The van der Waals surface area contributed by atoms with E-state index < -0.39 is 11.7 Å². The van der Waals surface area contributed by atoms with Crippen molar-refractivity contribution in [2.45, 2.75) is 18.9 Å². The first kappa shape index (κ1) is 24.3. The second-order valence-corrected chi connectivity index (χ2v) is 9.83. The second-order valence-electron chi connectivity index (χ2n) is 9.83. The minimum absolute atomic E-state index is 0.129. The Morgan fingerprint density at radius 2 is 1.77 bits per heavy atom. The van der Waals surface area contributed by atoms with E-state index in [0.717, 1.165) is 11.1 Å². The number of alkyl halides is 2. The normalized spacial score (nSPS) is 15.4. The van der Waals surface area contributed by atoms with Crippen molar-refractivity contribution in [3.05, 3.63) is 78.4 Å². The molecule has 0 amide bonds. The van der Waals surface area contributed by atoms with E-state index in [1.165, 1.54) is 24.5 Å². The first-order valence-corrected chi connectivity index (χ1v) is 12.5. The molecule has 0 aliphatic carbocycles. The summed E-state index contributed by atoms with van der Waals surface area (Å²) in [5.41, 5.74) is 4.25. The number of hydrogen-bond acceptors (Lipinski definition) is 6. The molecule has 5 aromatic heterocycles. The molecule has 0 bridgehead atoms. The Labute approximate surface area is 224 Å². The third-order valence-corrected chi connectivity index (χ3v) is 7.05. The first-order valence-electron chi connectivity index (χ1n) is 12.5. The molecule has 40 heavy (non-hydrogen) atoms. The molecule has 6 heterocycles. The number of nitrogens with zero attached hydrogens (tertiary/aromatic N) is 6. The highest BCUT2D eigenvalue weighted by Gasteiger charge is 2.38. The monoisotopic (exact) mass is 544 g/mol. The lowest BCUT2D eigenvalue weighted by atomic mass is 10.0. The van der Waals surface area contributed by atoms with E-state index in [1.54, 1.807) is 41.6 Å². The number of likely N-dealkylation sites (tertiary alicyclic amines) is 1. The van der Waals surface area contributed by atoms with Crippen LogP contribution in [-0.2, 0) is 6.54 Å². The molecule has 1 fully saturated rings. The number of H-pyrrole nitrogens is 2. The van der Waals surface area contributed by atoms with Gasteiger partial charge in [-0.2, -0.15) is 5.10 Å². The molecule has 1 aromatic carbocycles. The van der Waals surface area contributed by atoms with Gasteiger partial charge in [-0.3, -0.25) is 15.0 Å². The molecule has 1 aliphatic rings. The third kappa shape index (κ3) is 4.26. The number of benzene rings is 1. The highest BCUT2D eigenvalue weighted by Crippen LogP contribution is 2.35. The minimum atomic E-state index is -2.70. The van der Waals surface area contributed by atoms with Crippen molar-refractivity contribution < 1.29 is 17.6 Å². The van der Waals surface area contributed by atoms with Crippen molar-refractivity contribution in [1.82, 2.24) is 40.0 Å². The lowest BCUT2D eigenvalue weighted by Gasteiger charge is -2.15. The number of nitrogens with one attached hydrogen (secondary N) is 2. The molecule has 2 N–H and O–H groups in total. The van der Waals surface area contributed by atoms with Crippen molar-refractivity contribution in [3.63, 3.8) is 0 Å². The van der Waals surface area contributed by atoms with Gasteiger partial charge >= 0.3 is 0 Å². The molecular formula is C28H20F4N8. The Morgan fingerprint density at radius 3 is 2.58 bits per heavy atom. The molecular weight excluding hydrogens is 524 g/mol. The molecule has 1 aliphatic heterocycles. The van der Waals surface area contributed by atoms with Gasteiger partial charge in [-0.1, -0.05) is 12.1 Å². The second kappa shape index (κ2) is 9.19. The first-order chi connectivity index (χ1) is 19.3. The Balaban J connectivity index is 1.27. The van der Waals surface area contributed by atoms with Crippen LogP contribution in [0, 0.1) is 11.6 Å². The Hall–Kier alpha value is -4.71. The largest absolute Gasteiger partial charge is 0.321 e. The lowest BCUT2D eigenvalue weighted by molar-refractivity contribution is 0.0115. The van der Waals surface area contributed by atoms with E-state index in [9.17, 15) is 13.2 Å². The predicted molar refractivity (Wildman–Crippen MR) is 140 cm³/mol. The molecule has 12 heteroatoms. The molecule has 0 radical (unpaired) electrons. The van der Waals surface area contributed by atoms with Crippen LogP contribution in [0.4, 0.5) is 17.6 Å². The van der Waals surface area contributed by atoms with E-state index in [4.69, 9.17) is 0 Å². The number of rotatable bonds is 5. The van der Waals surface area contributed by atoms with Crippen molar-refractivity contribution >= 4 is 22.2 Å². The van der Waals surface area contributed by atoms with Gasteiger partial charge in [-0.15, -0.1) is 0 Å². The van der Waals surface area contributed by atoms with Gasteiger partial charge in [-0.25, -0.2) is 32.5 Å². The van der Waals surface area contributed by atoms with E-state index in [1.807, 2.05) is 0 Å². The average molecular weight is 545 g/mol. The zero-order valence-corrected chi connectivity index (χ0v) is 20.8.